The first-order valence-electron chi connectivity index (χ1n) is 5.49. The maximum Gasteiger partial charge on any atom is 0.205 e. The third kappa shape index (κ3) is 1.54. The van der Waals surface area contributed by atoms with E-state index in [0.29, 0.717) is 30.2 Å². The molecule has 5 heteroatoms. The lowest BCUT2D eigenvalue weighted by atomic mass is 9.86. The second-order valence-electron chi connectivity index (χ2n) is 4.67. The minimum atomic E-state index is -0.435. The summed E-state index contributed by atoms with van der Waals surface area (Å²) in [4.78, 5) is 4.31. The van der Waals surface area contributed by atoms with Crippen LogP contribution in [0.5, 0.6) is 0 Å². The molecule has 0 amide bonds. The lowest BCUT2D eigenvalue weighted by molar-refractivity contribution is 0.173. The Morgan fingerprint density at radius 2 is 2.35 bits per heavy atom. The molecule has 1 aromatic heterocycles. The van der Waals surface area contributed by atoms with Crippen molar-refractivity contribution in [2.45, 2.75) is 18.4 Å². The normalized spacial score (nSPS) is 29.0. The van der Waals surface area contributed by atoms with Crippen molar-refractivity contribution in [3.8, 4) is 0 Å². The number of ether oxygens (including phenoxy) is 1. The number of oxazole rings is 1. The van der Waals surface area contributed by atoms with E-state index >= 15 is 0 Å². The van der Waals surface area contributed by atoms with E-state index in [1.54, 1.807) is 6.07 Å². The fraction of sp³-hybridized carbons (Fsp3) is 0.417. The Bertz CT molecular complexity index is 569. The van der Waals surface area contributed by atoms with Gasteiger partial charge in [-0.05, 0) is 19.1 Å². The molecule has 90 valence electrons. The van der Waals surface area contributed by atoms with Crippen molar-refractivity contribution in [3.05, 3.63) is 29.9 Å². The first kappa shape index (κ1) is 10.7. The third-order valence-corrected chi connectivity index (χ3v) is 3.36. The van der Waals surface area contributed by atoms with Crippen LogP contribution in [0.15, 0.2) is 22.6 Å². The summed E-state index contributed by atoms with van der Waals surface area (Å²) in [6.07, 6.45) is 0. The zero-order valence-corrected chi connectivity index (χ0v) is 9.44. The standard InChI is InChI=1S/C12H13FN2O2/c1-12(6-16-5-10(12)14)11-15-8-4-7(13)2-3-9(8)17-11/h2-4,10H,5-6,14H2,1H3. The predicted molar refractivity (Wildman–Crippen MR) is 60.1 cm³/mol. The molecule has 1 aromatic carbocycles. The molecule has 0 aliphatic carbocycles. The Balaban J connectivity index is 2.12. The van der Waals surface area contributed by atoms with Crippen molar-refractivity contribution in [1.82, 2.24) is 4.98 Å². The monoisotopic (exact) mass is 236 g/mol. The van der Waals surface area contributed by atoms with Crippen molar-refractivity contribution in [2.24, 2.45) is 5.73 Å². The Labute approximate surface area is 97.6 Å². The number of benzene rings is 1. The highest BCUT2D eigenvalue weighted by Gasteiger charge is 2.43. The highest BCUT2D eigenvalue weighted by Crippen LogP contribution is 2.33. The summed E-state index contributed by atoms with van der Waals surface area (Å²) in [5, 5.41) is 0. The van der Waals surface area contributed by atoms with Gasteiger partial charge in [-0.25, -0.2) is 9.37 Å². The van der Waals surface area contributed by atoms with Crippen LogP contribution >= 0.6 is 0 Å². The van der Waals surface area contributed by atoms with Gasteiger partial charge in [0.15, 0.2) is 5.58 Å². The molecule has 2 heterocycles. The first-order valence-corrected chi connectivity index (χ1v) is 5.49. The molecular formula is C12H13FN2O2. The summed E-state index contributed by atoms with van der Waals surface area (Å²) in [5.41, 5.74) is 6.65. The van der Waals surface area contributed by atoms with E-state index in [4.69, 9.17) is 14.9 Å². The topological polar surface area (TPSA) is 61.3 Å². The molecule has 2 unspecified atom stereocenters. The number of hydrogen-bond donors (Lipinski definition) is 1. The second-order valence-corrected chi connectivity index (χ2v) is 4.67. The maximum absolute atomic E-state index is 13.1. The molecule has 3 rings (SSSR count). The molecule has 0 radical (unpaired) electrons. The molecule has 17 heavy (non-hydrogen) atoms. The summed E-state index contributed by atoms with van der Waals surface area (Å²) in [6.45, 7) is 2.92. The minimum Gasteiger partial charge on any atom is -0.440 e. The molecule has 1 aliphatic rings. The van der Waals surface area contributed by atoms with E-state index < -0.39 is 5.41 Å². The smallest absolute Gasteiger partial charge is 0.205 e. The molecule has 2 atom stereocenters. The quantitative estimate of drug-likeness (QED) is 0.816. The summed E-state index contributed by atoms with van der Waals surface area (Å²) in [5.74, 6) is 0.192. The molecule has 0 spiro atoms. The Morgan fingerprint density at radius 3 is 3.06 bits per heavy atom. The maximum atomic E-state index is 13.1. The highest BCUT2D eigenvalue weighted by molar-refractivity contribution is 5.72. The number of fused-ring (bicyclic) bond motifs is 1. The van der Waals surface area contributed by atoms with Gasteiger partial charge in [-0.15, -0.1) is 0 Å². The fourth-order valence-electron chi connectivity index (χ4n) is 2.05. The largest absolute Gasteiger partial charge is 0.440 e. The van der Waals surface area contributed by atoms with Gasteiger partial charge in [0.25, 0.3) is 0 Å². The fourth-order valence-corrected chi connectivity index (χ4v) is 2.05. The summed E-state index contributed by atoms with van der Waals surface area (Å²) in [7, 11) is 0. The van der Waals surface area contributed by atoms with Gasteiger partial charge in [0, 0.05) is 12.1 Å². The number of rotatable bonds is 1. The van der Waals surface area contributed by atoms with E-state index in [2.05, 4.69) is 4.98 Å². The number of hydrogen-bond acceptors (Lipinski definition) is 4. The zero-order valence-electron chi connectivity index (χ0n) is 9.44. The molecule has 1 fully saturated rings. The molecule has 2 aromatic rings. The lowest BCUT2D eigenvalue weighted by Gasteiger charge is -2.22. The summed E-state index contributed by atoms with van der Waals surface area (Å²) in [6, 6.07) is 4.13. The third-order valence-electron chi connectivity index (χ3n) is 3.36. The van der Waals surface area contributed by atoms with Crippen LogP contribution in [-0.2, 0) is 10.2 Å². The van der Waals surface area contributed by atoms with Crippen LogP contribution in [0.25, 0.3) is 11.1 Å². The van der Waals surface area contributed by atoms with E-state index in [-0.39, 0.29) is 11.9 Å². The van der Waals surface area contributed by atoms with Gasteiger partial charge in [0.2, 0.25) is 5.89 Å². The van der Waals surface area contributed by atoms with E-state index in [1.165, 1.54) is 12.1 Å². The zero-order chi connectivity index (χ0) is 12.0. The average Bonchev–Trinajstić information content (AvgIpc) is 2.84. The number of aromatic nitrogens is 1. The van der Waals surface area contributed by atoms with Crippen molar-refractivity contribution in [2.75, 3.05) is 13.2 Å². The predicted octanol–water partition coefficient (Wildman–Crippen LogP) is 1.58. The van der Waals surface area contributed by atoms with Crippen molar-refractivity contribution in [1.29, 1.82) is 0 Å². The molecule has 1 aliphatic heterocycles. The van der Waals surface area contributed by atoms with Crippen LogP contribution in [0.1, 0.15) is 12.8 Å². The minimum absolute atomic E-state index is 0.152. The highest BCUT2D eigenvalue weighted by atomic mass is 19.1. The second kappa shape index (κ2) is 3.51. The van der Waals surface area contributed by atoms with Crippen molar-refractivity contribution < 1.29 is 13.5 Å². The molecule has 0 bridgehead atoms. The number of nitrogens with zero attached hydrogens (tertiary/aromatic N) is 1. The van der Waals surface area contributed by atoms with Gasteiger partial charge in [-0.2, -0.15) is 0 Å². The van der Waals surface area contributed by atoms with Crippen molar-refractivity contribution in [3.63, 3.8) is 0 Å². The summed E-state index contributed by atoms with van der Waals surface area (Å²) >= 11 is 0. The van der Waals surface area contributed by atoms with Gasteiger partial charge in [-0.1, -0.05) is 0 Å². The Hall–Kier alpha value is -1.46. The lowest BCUT2D eigenvalue weighted by Crippen LogP contribution is -2.42. The van der Waals surface area contributed by atoms with Crippen molar-refractivity contribution >= 4 is 11.1 Å². The molecular weight excluding hydrogens is 223 g/mol. The van der Waals surface area contributed by atoms with Gasteiger partial charge in [0.05, 0.1) is 18.6 Å². The van der Waals surface area contributed by atoms with Crippen LogP contribution in [0.3, 0.4) is 0 Å². The van der Waals surface area contributed by atoms with Crippen LogP contribution in [0.4, 0.5) is 4.39 Å². The van der Waals surface area contributed by atoms with E-state index in [0.717, 1.165) is 0 Å². The first-order chi connectivity index (χ1) is 8.09. The molecule has 0 saturated carbocycles. The summed E-state index contributed by atoms with van der Waals surface area (Å²) < 4.78 is 24.1. The SMILES string of the molecule is CC1(c2nc3cc(F)ccc3o2)COCC1N. The van der Waals surface area contributed by atoms with Crippen LogP contribution in [0.2, 0.25) is 0 Å². The Morgan fingerprint density at radius 1 is 1.53 bits per heavy atom. The van der Waals surface area contributed by atoms with E-state index in [9.17, 15) is 4.39 Å². The number of nitrogens with two attached hydrogens (primary N) is 1. The van der Waals surface area contributed by atoms with E-state index in [1.807, 2.05) is 6.92 Å². The molecule has 4 nitrogen and oxygen atoms in total. The molecule has 2 N–H and O–H groups in total. The van der Waals surface area contributed by atoms with Gasteiger partial charge in [-0.3, -0.25) is 0 Å². The number of halogens is 1. The van der Waals surface area contributed by atoms with Gasteiger partial charge < -0.3 is 14.9 Å². The van der Waals surface area contributed by atoms with Crippen LogP contribution in [0, 0.1) is 5.82 Å². The average molecular weight is 236 g/mol. The van der Waals surface area contributed by atoms with Gasteiger partial charge >= 0.3 is 0 Å². The Kier molecular flexibility index (Phi) is 2.21. The van der Waals surface area contributed by atoms with Crippen LogP contribution < -0.4 is 5.73 Å². The van der Waals surface area contributed by atoms with Gasteiger partial charge in [0.1, 0.15) is 11.3 Å². The van der Waals surface area contributed by atoms with Crippen LogP contribution in [-0.4, -0.2) is 24.2 Å². The molecule has 1 saturated heterocycles.